The van der Waals surface area contributed by atoms with Gasteiger partial charge in [0.1, 0.15) is 6.17 Å². The third-order valence-electron chi connectivity index (χ3n) is 1.48. The predicted octanol–water partition coefficient (Wildman–Crippen LogP) is 2.62. The fourth-order valence-corrected chi connectivity index (χ4v) is 0.877. The van der Waals surface area contributed by atoms with E-state index in [1.165, 1.54) is 5.57 Å². The summed E-state index contributed by atoms with van der Waals surface area (Å²) in [6.07, 6.45) is 6.21. The topological polar surface area (TPSA) is 0 Å². The Morgan fingerprint density at radius 1 is 1.67 bits per heavy atom. The lowest BCUT2D eigenvalue weighted by atomic mass is 10.2. The van der Waals surface area contributed by atoms with E-state index in [2.05, 4.69) is 0 Å². The first-order valence-corrected chi connectivity index (χ1v) is 3.25. The standard InChI is InChI=1S/C8H11F/c1-7-3-2-4-8(9)6-5-7/h2,4-5,8H,3,6H2,1H3. The maximum atomic E-state index is 12.5. The van der Waals surface area contributed by atoms with Gasteiger partial charge in [-0.2, -0.15) is 0 Å². The molecular formula is C8H11F. The molecule has 0 radical (unpaired) electrons. The van der Waals surface area contributed by atoms with Gasteiger partial charge >= 0.3 is 0 Å². The fourth-order valence-electron chi connectivity index (χ4n) is 0.877. The summed E-state index contributed by atoms with van der Waals surface area (Å²) in [5.74, 6) is 0. The van der Waals surface area contributed by atoms with Crippen LogP contribution in [0.3, 0.4) is 0 Å². The van der Waals surface area contributed by atoms with Crippen LogP contribution < -0.4 is 0 Å². The molecule has 0 saturated heterocycles. The second-order valence-electron chi connectivity index (χ2n) is 2.43. The van der Waals surface area contributed by atoms with Gasteiger partial charge in [0, 0.05) is 6.42 Å². The molecule has 0 heterocycles. The molecule has 1 unspecified atom stereocenters. The van der Waals surface area contributed by atoms with Gasteiger partial charge in [-0.1, -0.05) is 23.8 Å². The largest absolute Gasteiger partial charge is 0.243 e. The van der Waals surface area contributed by atoms with Crippen LogP contribution >= 0.6 is 0 Å². The molecule has 0 aromatic carbocycles. The van der Waals surface area contributed by atoms with Gasteiger partial charge in [-0.3, -0.25) is 0 Å². The lowest BCUT2D eigenvalue weighted by Gasteiger charge is -1.92. The Hall–Kier alpha value is -0.590. The van der Waals surface area contributed by atoms with E-state index >= 15 is 0 Å². The zero-order chi connectivity index (χ0) is 6.69. The second kappa shape index (κ2) is 2.81. The minimum absolute atomic E-state index is 0.558. The average molecular weight is 126 g/mol. The minimum Gasteiger partial charge on any atom is -0.243 e. The highest BCUT2D eigenvalue weighted by Gasteiger charge is 2.01. The van der Waals surface area contributed by atoms with E-state index in [0.717, 1.165) is 6.42 Å². The normalized spacial score (nSPS) is 27.3. The van der Waals surface area contributed by atoms with Crippen LogP contribution in [0, 0.1) is 0 Å². The highest BCUT2D eigenvalue weighted by Crippen LogP contribution is 2.12. The Labute approximate surface area is 55.1 Å². The van der Waals surface area contributed by atoms with Crippen LogP contribution in [0.2, 0.25) is 0 Å². The van der Waals surface area contributed by atoms with E-state index in [9.17, 15) is 4.39 Å². The third-order valence-corrected chi connectivity index (χ3v) is 1.48. The molecule has 0 amide bonds. The van der Waals surface area contributed by atoms with Gasteiger partial charge < -0.3 is 0 Å². The summed E-state index contributed by atoms with van der Waals surface area (Å²) in [5.41, 5.74) is 1.27. The number of alkyl halides is 1. The van der Waals surface area contributed by atoms with Crippen molar-refractivity contribution in [3.63, 3.8) is 0 Å². The number of halogens is 1. The number of allylic oxidation sites excluding steroid dienone is 4. The van der Waals surface area contributed by atoms with Crippen molar-refractivity contribution in [3.05, 3.63) is 23.8 Å². The third kappa shape index (κ3) is 2.00. The van der Waals surface area contributed by atoms with Gasteiger partial charge in [-0.25, -0.2) is 4.39 Å². The zero-order valence-electron chi connectivity index (χ0n) is 5.60. The molecule has 1 aliphatic carbocycles. The number of hydrogen-bond acceptors (Lipinski definition) is 0. The lowest BCUT2D eigenvalue weighted by Crippen LogP contribution is -1.89. The first kappa shape index (κ1) is 6.53. The van der Waals surface area contributed by atoms with Crippen molar-refractivity contribution in [1.29, 1.82) is 0 Å². The van der Waals surface area contributed by atoms with E-state index < -0.39 is 6.17 Å². The van der Waals surface area contributed by atoms with Crippen molar-refractivity contribution in [2.75, 3.05) is 0 Å². The minimum atomic E-state index is -0.748. The molecule has 0 bridgehead atoms. The summed E-state index contributed by atoms with van der Waals surface area (Å²) in [7, 11) is 0. The molecule has 0 aliphatic heterocycles. The van der Waals surface area contributed by atoms with Crippen molar-refractivity contribution in [3.8, 4) is 0 Å². The molecule has 1 rings (SSSR count). The van der Waals surface area contributed by atoms with Gasteiger partial charge in [-0.05, 0) is 13.3 Å². The van der Waals surface area contributed by atoms with Crippen LogP contribution in [-0.2, 0) is 0 Å². The predicted molar refractivity (Wildman–Crippen MR) is 37.0 cm³/mol. The van der Waals surface area contributed by atoms with Crippen LogP contribution in [0.15, 0.2) is 23.8 Å². The molecule has 0 fully saturated rings. The van der Waals surface area contributed by atoms with Crippen LogP contribution in [0.25, 0.3) is 0 Å². The Balaban J connectivity index is 2.57. The monoisotopic (exact) mass is 126 g/mol. The molecule has 0 aromatic rings. The summed E-state index contributed by atoms with van der Waals surface area (Å²) in [6.45, 7) is 2.03. The maximum Gasteiger partial charge on any atom is 0.122 e. The molecular weight excluding hydrogens is 115 g/mol. The molecule has 0 spiro atoms. The van der Waals surface area contributed by atoms with Gasteiger partial charge in [0.05, 0.1) is 0 Å². The smallest absolute Gasteiger partial charge is 0.122 e. The molecule has 50 valence electrons. The Morgan fingerprint density at radius 3 is 3.22 bits per heavy atom. The van der Waals surface area contributed by atoms with Crippen molar-refractivity contribution < 1.29 is 4.39 Å². The van der Waals surface area contributed by atoms with Gasteiger partial charge in [-0.15, -0.1) is 0 Å². The summed E-state index contributed by atoms with van der Waals surface area (Å²) >= 11 is 0. The molecule has 1 aliphatic rings. The van der Waals surface area contributed by atoms with E-state index in [-0.39, 0.29) is 0 Å². The molecule has 0 nitrogen and oxygen atoms in total. The van der Waals surface area contributed by atoms with E-state index in [1.54, 1.807) is 6.08 Å². The Kier molecular flexibility index (Phi) is 2.04. The first-order valence-electron chi connectivity index (χ1n) is 3.25. The quantitative estimate of drug-likeness (QED) is 0.438. The Bertz CT molecular complexity index is 145. The molecule has 9 heavy (non-hydrogen) atoms. The fraction of sp³-hybridized carbons (Fsp3) is 0.500. The molecule has 1 atom stereocenters. The summed E-state index contributed by atoms with van der Waals surface area (Å²) in [4.78, 5) is 0. The molecule has 0 N–H and O–H groups in total. The number of rotatable bonds is 0. The van der Waals surface area contributed by atoms with E-state index in [4.69, 9.17) is 0 Å². The van der Waals surface area contributed by atoms with Crippen molar-refractivity contribution >= 4 is 0 Å². The first-order chi connectivity index (χ1) is 4.29. The highest BCUT2D eigenvalue weighted by molar-refractivity contribution is 5.10. The van der Waals surface area contributed by atoms with E-state index in [1.807, 2.05) is 19.1 Å². The van der Waals surface area contributed by atoms with Gasteiger partial charge in [0.15, 0.2) is 0 Å². The van der Waals surface area contributed by atoms with Crippen LogP contribution in [0.4, 0.5) is 4.39 Å². The van der Waals surface area contributed by atoms with Gasteiger partial charge in [0.2, 0.25) is 0 Å². The van der Waals surface area contributed by atoms with Crippen LogP contribution in [-0.4, -0.2) is 6.17 Å². The lowest BCUT2D eigenvalue weighted by molar-refractivity contribution is 0.404. The Morgan fingerprint density at radius 2 is 2.44 bits per heavy atom. The van der Waals surface area contributed by atoms with Crippen molar-refractivity contribution in [2.45, 2.75) is 25.9 Å². The SMILES string of the molecule is CC1=CCC(F)C=CC1. The summed E-state index contributed by atoms with van der Waals surface area (Å²) in [5, 5.41) is 0. The van der Waals surface area contributed by atoms with Crippen molar-refractivity contribution in [2.24, 2.45) is 0 Å². The van der Waals surface area contributed by atoms with E-state index in [0.29, 0.717) is 6.42 Å². The summed E-state index contributed by atoms with van der Waals surface area (Å²) in [6, 6.07) is 0. The maximum absolute atomic E-state index is 12.5. The molecule has 0 aromatic heterocycles. The highest BCUT2D eigenvalue weighted by atomic mass is 19.1. The second-order valence-corrected chi connectivity index (χ2v) is 2.43. The van der Waals surface area contributed by atoms with Crippen LogP contribution in [0.1, 0.15) is 19.8 Å². The summed E-state index contributed by atoms with van der Waals surface area (Å²) < 4.78 is 12.5. The molecule has 1 heteroatoms. The zero-order valence-corrected chi connectivity index (χ0v) is 5.60. The van der Waals surface area contributed by atoms with Crippen LogP contribution in [0.5, 0.6) is 0 Å². The van der Waals surface area contributed by atoms with Gasteiger partial charge in [0.25, 0.3) is 0 Å². The van der Waals surface area contributed by atoms with Crippen molar-refractivity contribution in [1.82, 2.24) is 0 Å². The number of hydrogen-bond donors (Lipinski definition) is 0. The molecule has 0 saturated carbocycles. The average Bonchev–Trinajstić information content (AvgIpc) is 1.97.